The first-order valence-electron chi connectivity index (χ1n) is 10.1. The molecule has 1 N–H and O–H groups in total. The molecule has 0 saturated carbocycles. The largest absolute Gasteiger partial charge is 0.417 e. The predicted molar refractivity (Wildman–Crippen MR) is 128 cm³/mol. The Balaban J connectivity index is 1.47. The van der Waals surface area contributed by atoms with Gasteiger partial charge >= 0.3 is 6.18 Å². The number of amides is 2. The summed E-state index contributed by atoms with van der Waals surface area (Å²) in [7, 11) is 0. The van der Waals surface area contributed by atoms with Crippen LogP contribution in [-0.4, -0.2) is 22.5 Å². The van der Waals surface area contributed by atoms with E-state index in [9.17, 15) is 22.8 Å². The summed E-state index contributed by atoms with van der Waals surface area (Å²) < 4.78 is 39.2. The lowest BCUT2D eigenvalue weighted by atomic mass is 10.1. The number of rotatable bonds is 5. The molecule has 34 heavy (non-hydrogen) atoms. The van der Waals surface area contributed by atoms with Crippen LogP contribution in [-0.2, 0) is 17.5 Å². The smallest absolute Gasteiger partial charge is 0.322 e. The van der Waals surface area contributed by atoms with Gasteiger partial charge in [0.15, 0.2) is 0 Å². The van der Waals surface area contributed by atoms with Crippen LogP contribution >= 0.6 is 35.0 Å². The topological polar surface area (TPSA) is 49.4 Å². The van der Waals surface area contributed by atoms with Crippen molar-refractivity contribution in [2.24, 2.45) is 0 Å². The summed E-state index contributed by atoms with van der Waals surface area (Å²) in [5, 5.41) is 2.42. The van der Waals surface area contributed by atoms with E-state index in [4.69, 9.17) is 23.2 Å². The molecule has 3 aromatic rings. The molecule has 1 fully saturated rings. The van der Waals surface area contributed by atoms with Crippen molar-refractivity contribution in [2.75, 3.05) is 11.1 Å². The van der Waals surface area contributed by atoms with E-state index in [0.29, 0.717) is 17.3 Å². The molecule has 4 nitrogen and oxygen atoms in total. The highest BCUT2D eigenvalue weighted by Gasteiger charge is 2.34. The van der Waals surface area contributed by atoms with E-state index in [1.54, 1.807) is 41.3 Å². The maximum absolute atomic E-state index is 13.1. The molecular formula is C24H17Cl2F3N2O2S. The first-order chi connectivity index (χ1) is 16.1. The van der Waals surface area contributed by atoms with Gasteiger partial charge in [-0.3, -0.25) is 9.59 Å². The van der Waals surface area contributed by atoms with Gasteiger partial charge in [0.2, 0.25) is 5.91 Å². The molecule has 2 amide bonds. The van der Waals surface area contributed by atoms with E-state index >= 15 is 0 Å². The highest BCUT2D eigenvalue weighted by atomic mass is 35.5. The summed E-state index contributed by atoms with van der Waals surface area (Å²) in [6.45, 7) is 0.425. The first kappa shape index (κ1) is 24.4. The summed E-state index contributed by atoms with van der Waals surface area (Å²) in [6.07, 6.45) is -4.63. The Labute approximate surface area is 208 Å². The van der Waals surface area contributed by atoms with Crippen LogP contribution in [0.15, 0.2) is 66.7 Å². The van der Waals surface area contributed by atoms with Crippen LogP contribution in [0.3, 0.4) is 0 Å². The molecule has 1 atom stereocenters. The molecule has 0 aromatic heterocycles. The lowest BCUT2D eigenvalue weighted by Gasteiger charge is -2.24. The molecule has 0 radical (unpaired) electrons. The van der Waals surface area contributed by atoms with E-state index in [1.807, 2.05) is 12.1 Å². The maximum Gasteiger partial charge on any atom is 0.417 e. The Kier molecular flexibility index (Phi) is 7.12. The fourth-order valence-corrected chi connectivity index (χ4v) is 5.05. The minimum atomic E-state index is -4.63. The summed E-state index contributed by atoms with van der Waals surface area (Å²) in [6, 6.07) is 17.1. The molecule has 1 aliphatic heterocycles. The van der Waals surface area contributed by atoms with Crippen LogP contribution < -0.4 is 5.32 Å². The van der Waals surface area contributed by atoms with Gasteiger partial charge in [-0.05, 0) is 53.6 Å². The molecule has 1 saturated heterocycles. The lowest BCUT2D eigenvalue weighted by Crippen LogP contribution is -2.27. The number of hydrogen-bond acceptors (Lipinski definition) is 3. The Morgan fingerprint density at radius 2 is 1.71 bits per heavy atom. The van der Waals surface area contributed by atoms with Crippen LogP contribution in [0.1, 0.15) is 32.4 Å². The SMILES string of the molecule is O=C(Nc1ccc(Cl)c(C(F)(F)F)c1)c1ccc([C@@H]2SCC(=O)N2Cc2ccc(Cl)cc2)cc1. The van der Waals surface area contributed by atoms with Gasteiger partial charge in [-0.2, -0.15) is 13.2 Å². The molecule has 1 aliphatic rings. The minimum Gasteiger partial charge on any atom is -0.322 e. The van der Waals surface area contributed by atoms with E-state index in [-0.39, 0.29) is 22.5 Å². The molecule has 0 spiro atoms. The quantitative estimate of drug-likeness (QED) is 0.389. The third-order valence-electron chi connectivity index (χ3n) is 5.22. The Hall–Kier alpha value is -2.68. The summed E-state index contributed by atoms with van der Waals surface area (Å²) in [4.78, 5) is 26.8. The third kappa shape index (κ3) is 5.51. The molecule has 176 valence electrons. The summed E-state index contributed by atoms with van der Waals surface area (Å²) in [5.41, 5.74) is 1.02. The number of alkyl halides is 3. The van der Waals surface area contributed by atoms with Gasteiger partial charge in [0.05, 0.1) is 16.3 Å². The normalized spacial score (nSPS) is 16.1. The van der Waals surface area contributed by atoms with Crippen molar-refractivity contribution in [3.8, 4) is 0 Å². The molecule has 1 heterocycles. The molecule has 0 aliphatic carbocycles. The maximum atomic E-state index is 13.1. The van der Waals surface area contributed by atoms with Crippen LogP contribution in [0, 0.1) is 0 Å². The average Bonchev–Trinajstić information content (AvgIpc) is 3.16. The number of nitrogens with zero attached hydrogens (tertiary/aromatic N) is 1. The number of carbonyl (C=O) groups excluding carboxylic acids is 2. The molecule has 10 heteroatoms. The van der Waals surface area contributed by atoms with Crippen molar-refractivity contribution >= 4 is 52.5 Å². The number of thioether (sulfide) groups is 1. The van der Waals surface area contributed by atoms with Gasteiger partial charge in [-0.15, -0.1) is 11.8 Å². The zero-order valence-electron chi connectivity index (χ0n) is 17.4. The van der Waals surface area contributed by atoms with Gasteiger partial charge in [-0.25, -0.2) is 0 Å². The average molecular weight is 525 g/mol. The van der Waals surface area contributed by atoms with Crippen molar-refractivity contribution in [1.82, 2.24) is 4.90 Å². The molecular weight excluding hydrogens is 508 g/mol. The van der Waals surface area contributed by atoms with Crippen LogP contribution in [0.5, 0.6) is 0 Å². The van der Waals surface area contributed by atoms with Crippen molar-refractivity contribution in [3.63, 3.8) is 0 Å². The van der Waals surface area contributed by atoms with Gasteiger partial charge < -0.3 is 10.2 Å². The molecule has 3 aromatic carbocycles. The number of benzene rings is 3. The first-order valence-corrected chi connectivity index (χ1v) is 11.9. The van der Waals surface area contributed by atoms with Crippen molar-refractivity contribution in [3.05, 3.63) is 99.0 Å². The number of carbonyl (C=O) groups is 2. The van der Waals surface area contributed by atoms with Crippen LogP contribution in [0.25, 0.3) is 0 Å². The highest BCUT2D eigenvalue weighted by molar-refractivity contribution is 8.00. The zero-order chi connectivity index (χ0) is 24.5. The number of nitrogens with one attached hydrogen (secondary N) is 1. The zero-order valence-corrected chi connectivity index (χ0v) is 19.7. The molecule has 0 unspecified atom stereocenters. The minimum absolute atomic E-state index is 0.00924. The van der Waals surface area contributed by atoms with Gasteiger partial charge in [0.1, 0.15) is 5.37 Å². The van der Waals surface area contributed by atoms with E-state index < -0.39 is 22.7 Å². The second kappa shape index (κ2) is 9.90. The third-order valence-corrected chi connectivity index (χ3v) is 7.06. The van der Waals surface area contributed by atoms with E-state index in [1.165, 1.54) is 17.8 Å². The van der Waals surface area contributed by atoms with Gasteiger partial charge in [0.25, 0.3) is 5.91 Å². The second-order valence-electron chi connectivity index (χ2n) is 7.58. The Bertz CT molecular complexity index is 1220. The fraction of sp³-hybridized carbons (Fsp3) is 0.167. The highest BCUT2D eigenvalue weighted by Crippen LogP contribution is 2.40. The van der Waals surface area contributed by atoms with Gasteiger partial charge in [-0.1, -0.05) is 47.5 Å². The Morgan fingerprint density at radius 3 is 2.35 bits per heavy atom. The lowest BCUT2D eigenvalue weighted by molar-refractivity contribution is -0.137. The van der Waals surface area contributed by atoms with Crippen molar-refractivity contribution in [1.29, 1.82) is 0 Å². The summed E-state index contributed by atoms with van der Waals surface area (Å²) in [5.74, 6) is -0.205. The summed E-state index contributed by atoms with van der Waals surface area (Å²) >= 11 is 13.0. The van der Waals surface area contributed by atoms with Crippen molar-refractivity contribution < 1.29 is 22.8 Å². The molecule has 0 bridgehead atoms. The predicted octanol–water partition coefficient (Wildman–Crippen LogP) is 7.04. The number of halogens is 5. The van der Waals surface area contributed by atoms with Crippen molar-refractivity contribution in [2.45, 2.75) is 18.1 Å². The van der Waals surface area contributed by atoms with Gasteiger partial charge in [0, 0.05) is 22.8 Å². The van der Waals surface area contributed by atoms with E-state index in [0.717, 1.165) is 23.3 Å². The standard InChI is InChI=1S/C24H17Cl2F3N2O2S/c25-17-7-1-14(2-8-17)12-31-21(32)13-34-23(31)16-5-3-15(4-6-16)22(33)30-18-9-10-20(26)19(11-18)24(27,28)29/h1-11,23H,12-13H2,(H,30,33)/t23-/m0/s1. The second-order valence-corrected chi connectivity index (χ2v) is 9.49. The molecule has 4 rings (SSSR count). The van der Waals surface area contributed by atoms with E-state index in [2.05, 4.69) is 5.32 Å². The number of anilines is 1. The fourth-order valence-electron chi connectivity index (χ4n) is 3.51. The Morgan fingerprint density at radius 1 is 1.03 bits per heavy atom. The number of hydrogen-bond donors (Lipinski definition) is 1. The van der Waals surface area contributed by atoms with Crippen LogP contribution in [0.2, 0.25) is 10.0 Å². The van der Waals surface area contributed by atoms with Crippen LogP contribution in [0.4, 0.5) is 18.9 Å². The monoisotopic (exact) mass is 524 g/mol.